The molecule has 0 aromatic heterocycles. The van der Waals surface area contributed by atoms with E-state index in [1.54, 1.807) is 0 Å². The summed E-state index contributed by atoms with van der Waals surface area (Å²) in [5, 5.41) is 0. The van der Waals surface area contributed by atoms with Crippen LogP contribution in [0.3, 0.4) is 0 Å². The Kier molecular flexibility index (Phi) is 3.66. The van der Waals surface area contributed by atoms with Gasteiger partial charge in [-0.1, -0.05) is 36.4 Å². The highest BCUT2D eigenvalue weighted by molar-refractivity contribution is 5.65. The Morgan fingerprint density at radius 1 is 0.652 bits per heavy atom. The maximum absolute atomic E-state index is 2.55. The van der Waals surface area contributed by atoms with Crippen LogP contribution in [0.25, 0.3) is 0 Å². The first-order valence-electron chi connectivity index (χ1n) is 8.43. The number of nitrogens with zero attached hydrogens (tertiary/aromatic N) is 2. The molecule has 0 radical (unpaired) electrons. The number of para-hydroxylation sites is 2. The van der Waals surface area contributed by atoms with E-state index in [1.165, 1.54) is 22.5 Å². The SMILES string of the molecule is Cc1ccccc1N1CN(c2ccccc2C)C(C)(C)C1(C)C. The minimum absolute atomic E-state index is 0.0292. The molecule has 2 heteroatoms. The summed E-state index contributed by atoms with van der Waals surface area (Å²) in [7, 11) is 0. The van der Waals surface area contributed by atoms with E-state index >= 15 is 0 Å². The van der Waals surface area contributed by atoms with Crippen molar-refractivity contribution in [2.45, 2.75) is 52.6 Å². The van der Waals surface area contributed by atoms with Crippen molar-refractivity contribution in [3.63, 3.8) is 0 Å². The lowest BCUT2D eigenvalue weighted by molar-refractivity contribution is 0.344. The highest BCUT2D eigenvalue weighted by Gasteiger charge is 2.52. The van der Waals surface area contributed by atoms with Gasteiger partial charge in [0.15, 0.2) is 0 Å². The Morgan fingerprint density at radius 2 is 1.00 bits per heavy atom. The average molecular weight is 308 g/mol. The Morgan fingerprint density at radius 3 is 1.35 bits per heavy atom. The second-order valence-electron chi connectivity index (χ2n) is 7.69. The third-order valence-electron chi connectivity index (χ3n) is 5.94. The topological polar surface area (TPSA) is 6.48 Å². The van der Waals surface area contributed by atoms with E-state index in [-0.39, 0.29) is 11.1 Å². The lowest BCUT2D eigenvalue weighted by Crippen LogP contribution is -2.54. The third-order valence-corrected chi connectivity index (χ3v) is 5.94. The van der Waals surface area contributed by atoms with Gasteiger partial charge >= 0.3 is 0 Å². The van der Waals surface area contributed by atoms with Crippen LogP contribution in [-0.4, -0.2) is 17.7 Å². The van der Waals surface area contributed by atoms with E-state index in [4.69, 9.17) is 0 Å². The van der Waals surface area contributed by atoms with Crippen LogP contribution in [0, 0.1) is 13.8 Å². The quantitative estimate of drug-likeness (QED) is 0.757. The molecule has 1 heterocycles. The first-order valence-corrected chi connectivity index (χ1v) is 8.43. The molecule has 0 N–H and O–H groups in total. The summed E-state index contributed by atoms with van der Waals surface area (Å²) in [6.45, 7) is 14.8. The molecule has 122 valence electrons. The third kappa shape index (κ3) is 2.32. The summed E-state index contributed by atoms with van der Waals surface area (Å²) in [5.41, 5.74) is 5.40. The number of hydrogen-bond donors (Lipinski definition) is 0. The fraction of sp³-hybridized carbons (Fsp3) is 0.429. The van der Waals surface area contributed by atoms with Crippen LogP contribution in [0.15, 0.2) is 48.5 Å². The molecule has 0 atom stereocenters. The monoisotopic (exact) mass is 308 g/mol. The van der Waals surface area contributed by atoms with Gasteiger partial charge in [-0.3, -0.25) is 0 Å². The lowest BCUT2D eigenvalue weighted by Gasteiger charge is -2.43. The van der Waals surface area contributed by atoms with E-state index < -0.39 is 0 Å². The molecular formula is C21H28N2. The molecule has 1 fully saturated rings. The first-order chi connectivity index (χ1) is 10.8. The van der Waals surface area contributed by atoms with Gasteiger partial charge in [0.2, 0.25) is 0 Å². The van der Waals surface area contributed by atoms with Gasteiger partial charge in [-0.25, -0.2) is 0 Å². The summed E-state index contributed by atoms with van der Waals surface area (Å²) >= 11 is 0. The Balaban J connectivity index is 2.10. The molecule has 0 unspecified atom stereocenters. The van der Waals surface area contributed by atoms with Gasteiger partial charge in [0, 0.05) is 11.4 Å². The summed E-state index contributed by atoms with van der Waals surface area (Å²) in [4.78, 5) is 5.10. The molecule has 2 nitrogen and oxygen atoms in total. The normalized spacial score (nSPS) is 19.2. The zero-order valence-electron chi connectivity index (χ0n) is 15.2. The largest absolute Gasteiger partial charge is 0.346 e. The van der Waals surface area contributed by atoms with Crippen molar-refractivity contribution in [2.75, 3.05) is 16.5 Å². The van der Waals surface area contributed by atoms with Gasteiger partial charge < -0.3 is 9.80 Å². The summed E-state index contributed by atoms with van der Waals surface area (Å²) in [6, 6.07) is 17.4. The van der Waals surface area contributed by atoms with Crippen molar-refractivity contribution in [1.82, 2.24) is 0 Å². The van der Waals surface area contributed by atoms with Crippen LogP contribution in [0.1, 0.15) is 38.8 Å². The molecule has 0 spiro atoms. The van der Waals surface area contributed by atoms with Crippen molar-refractivity contribution in [3.8, 4) is 0 Å². The zero-order chi connectivity index (χ0) is 16.8. The number of hydrogen-bond acceptors (Lipinski definition) is 2. The van der Waals surface area contributed by atoms with Crippen molar-refractivity contribution < 1.29 is 0 Å². The minimum Gasteiger partial charge on any atom is -0.346 e. The molecular weight excluding hydrogens is 280 g/mol. The van der Waals surface area contributed by atoms with Crippen LogP contribution in [0.5, 0.6) is 0 Å². The molecule has 2 aromatic carbocycles. The van der Waals surface area contributed by atoms with Gasteiger partial charge in [-0.2, -0.15) is 0 Å². The highest BCUT2D eigenvalue weighted by Crippen LogP contribution is 2.46. The maximum atomic E-state index is 2.55. The van der Waals surface area contributed by atoms with Crippen LogP contribution in [0.4, 0.5) is 11.4 Å². The van der Waals surface area contributed by atoms with Crippen molar-refractivity contribution in [1.29, 1.82) is 0 Å². The van der Waals surface area contributed by atoms with Gasteiger partial charge in [0.25, 0.3) is 0 Å². The van der Waals surface area contributed by atoms with Gasteiger partial charge in [-0.15, -0.1) is 0 Å². The molecule has 3 rings (SSSR count). The fourth-order valence-corrected chi connectivity index (χ4v) is 3.64. The van der Waals surface area contributed by atoms with E-state index in [2.05, 4.69) is 99.9 Å². The van der Waals surface area contributed by atoms with Crippen LogP contribution in [-0.2, 0) is 0 Å². The van der Waals surface area contributed by atoms with Crippen LogP contribution in [0.2, 0.25) is 0 Å². The summed E-state index contributed by atoms with van der Waals surface area (Å²) in [6.07, 6.45) is 0. The molecule has 0 aliphatic carbocycles. The molecule has 1 aliphatic rings. The maximum Gasteiger partial charge on any atom is 0.0915 e. The van der Waals surface area contributed by atoms with E-state index in [0.717, 1.165) is 6.67 Å². The first kappa shape index (κ1) is 15.9. The minimum atomic E-state index is 0.0292. The molecule has 1 aliphatic heterocycles. The fourth-order valence-electron chi connectivity index (χ4n) is 3.64. The van der Waals surface area contributed by atoms with Crippen molar-refractivity contribution in [3.05, 3.63) is 59.7 Å². The average Bonchev–Trinajstić information content (AvgIpc) is 2.67. The molecule has 2 aromatic rings. The molecule has 0 saturated carbocycles. The lowest BCUT2D eigenvalue weighted by atomic mass is 9.81. The number of rotatable bonds is 2. The second-order valence-corrected chi connectivity index (χ2v) is 7.69. The Labute approximate surface area is 140 Å². The van der Waals surface area contributed by atoms with Gasteiger partial charge in [0.05, 0.1) is 17.7 Å². The standard InChI is InChI=1S/C21H28N2/c1-16-11-7-9-13-18(16)22-15-23(21(5,6)20(22,3)4)19-14-10-8-12-17(19)2/h7-14H,15H2,1-6H3. The zero-order valence-corrected chi connectivity index (χ0v) is 15.2. The van der Waals surface area contributed by atoms with Crippen molar-refractivity contribution in [2.24, 2.45) is 0 Å². The van der Waals surface area contributed by atoms with Crippen LogP contribution >= 0.6 is 0 Å². The van der Waals surface area contributed by atoms with E-state index in [0.29, 0.717) is 0 Å². The van der Waals surface area contributed by atoms with Gasteiger partial charge in [-0.05, 0) is 64.8 Å². The molecule has 0 amide bonds. The Hall–Kier alpha value is -1.96. The van der Waals surface area contributed by atoms with E-state index in [1.807, 2.05) is 0 Å². The molecule has 0 bridgehead atoms. The predicted molar refractivity (Wildman–Crippen MR) is 100 cm³/mol. The van der Waals surface area contributed by atoms with Gasteiger partial charge in [0.1, 0.15) is 0 Å². The Bertz CT molecular complexity index is 654. The number of aryl methyl sites for hydroxylation is 2. The smallest absolute Gasteiger partial charge is 0.0915 e. The van der Waals surface area contributed by atoms with Crippen molar-refractivity contribution >= 4 is 11.4 Å². The number of anilines is 2. The molecule has 1 saturated heterocycles. The second kappa shape index (κ2) is 5.30. The predicted octanol–water partition coefficient (Wildman–Crippen LogP) is 5.14. The molecule has 23 heavy (non-hydrogen) atoms. The highest BCUT2D eigenvalue weighted by atomic mass is 15.5. The summed E-state index contributed by atoms with van der Waals surface area (Å²) < 4.78 is 0. The van der Waals surface area contributed by atoms with Crippen LogP contribution < -0.4 is 9.80 Å². The number of benzene rings is 2. The van der Waals surface area contributed by atoms with E-state index in [9.17, 15) is 0 Å². The summed E-state index contributed by atoms with van der Waals surface area (Å²) in [5.74, 6) is 0.